The second kappa shape index (κ2) is 6.35. The van der Waals surface area contributed by atoms with E-state index in [2.05, 4.69) is 5.32 Å². The van der Waals surface area contributed by atoms with Gasteiger partial charge in [-0.3, -0.25) is 4.79 Å². The third-order valence-electron chi connectivity index (χ3n) is 2.19. The lowest BCUT2D eigenvalue weighted by atomic mass is 10.2. The fraction of sp³-hybridized carbons (Fsp3) is 0.385. The maximum Gasteiger partial charge on any atom is 0.340 e. The first-order chi connectivity index (χ1) is 8.47. The lowest BCUT2D eigenvalue weighted by molar-refractivity contribution is -0.111. The van der Waals surface area contributed by atoms with Crippen LogP contribution in [0.25, 0.3) is 0 Å². The third kappa shape index (κ3) is 3.70. The van der Waals surface area contributed by atoms with Crippen molar-refractivity contribution in [2.45, 2.75) is 27.2 Å². The SMILES string of the molecule is CCc1cc(C(=O)OC)c(NC(=O)C=C(C)C)s1. The molecule has 0 aromatic carbocycles. The summed E-state index contributed by atoms with van der Waals surface area (Å²) in [5, 5.41) is 3.26. The fourth-order valence-corrected chi connectivity index (χ4v) is 2.37. The number of hydrogen-bond acceptors (Lipinski definition) is 4. The van der Waals surface area contributed by atoms with Crippen LogP contribution in [0.3, 0.4) is 0 Å². The highest BCUT2D eigenvalue weighted by atomic mass is 32.1. The van der Waals surface area contributed by atoms with Gasteiger partial charge in [0.05, 0.1) is 12.7 Å². The Kier molecular flexibility index (Phi) is 5.09. The lowest BCUT2D eigenvalue weighted by Gasteiger charge is -2.02. The van der Waals surface area contributed by atoms with E-state index in [1.807, 2.05) is 20.8 Å². The van der Waals surface area contributed by atoms with Crippen LogP contribution in [-0.4, -0.2) is 19.0 Å². The molecule has 1 rings (SSSR count). The predicted octanol–water partition coefficient (Wildman–Crippen LogP) is 3.00. The summed E-state index contributed by atoms with van der Waals surface area (Å²) in [6, 6.07) is 1.76. The lowest BCUT2D eigenvalue weighted by Crippen LogP contribution is -2.11. The Morgan fingerprint density at radius 1 is 1.44 bits per heavy atom. The second-order valence-electron chi connectivity index (χ2n) is 4.01. The van der Waals surface area contributed by atoms with E-state index in [1.54, 1.807) is 6.07 Å². The zero-order valence-electron chi connectivity index (χ0n) is 11.0. The number of aryl methyl sites for hydroxylation is 1. The maximum atomic E-state index is 11.7. The van der Waals surface area contributed by atoms with E-state index in [0.717, 1.165) is 16.9 Å². The van der Waals surface area contributed by atoms with Crippen molar-refractivity contribution in [3.05, 3.63) is 28.2 Å². The van der Waals surface area contributed by atoms with Crippen molar-refractivity contribution in [3.63, 3.8) is 0 Å². The molecule has 1 aromatic heterocycles. The van der Waals surface area contributed by atoms with E-state index in [9.17, 15) is 9.59 Å². The normalized spacial score (nSPS) is 9.78. The average molecular weight is 267 g/mol. The summed E-state index contributed by atoms with van der Waals surface area (Å²) in [6.07, 6.45) is 2.31. The molecule has 5 heteroatoms. The number of thiophene rings is 1. The summed E-state index contributed by atoms with van der Waals surface area (Å²) in [5.74, 6) is -0.664. The molecule has 0 aliphatic carbocycles. The quantitative estimate of drug-likeness (QED) is 0.674. The highest BCUT2D eigenvalue weighted by molar-refractivity contribution is 7.16. The molecule has 98 valence electrons. The highest BCUT2D eigenvalue weighted by Crippen LogP contribution is 2.29. The van der Waals surface area contributed by atoms with Gasteiger partial charge in [0.15, 0.2) is 0 Å². The Balaban J connectivity index is 3.00. The van der Waals surface area contributed by atoms with Gasteiger partial charge < -0.3 is 10.1 Å². The Hall–Kier alpha value is -1.62. The number of anilines is 1. The number of hydrogen-bond donors (Lipinski definition) is 1. The van der Waals surface area contributed by atoms with Crippen molar-refractivity contribution in [1.29, 1.82) is 0 Å². The number of nitrogens with one attached hydrogen (secondary N) is 1. The van der Waals surface area contributed by atoms with Gasteiger partial charge in [0, 0.05) is 11.0 Å². The molecule has 4 nitrogen and oxygen atoms in total. The van der Waals surface area contributed by atoms with Gasteiger partial charge in [0.2, 0.25) is 5.91 Å². The van der Waals surface area contributed by atoms with Crippen molar-refractivity contribution in [1.82, 2.24) is 0 Å². The van der Waals surface area contributed by atoms with Crippen molar-refractivity contribution in [3.8, 4) is 0 Å². The minimum Gasteiger partial charge on any atom is -0.465 e. The van der Waals surface area contributed by atoms with Crippen molar-refractivity contribution in [2.75, 3.05) is 12.4 Å². The van der Waals surface area contributed by atoms with Crippen LogP contribution in [0.5, 0.6) is 0 Å². The molecule has 1 amide bonds. The Morgan fingerprint density at radius 2 is 2.11 bits per heavy atom. The second-order valence-corrected chi connectivity index (χ2v) is 5.15. The molecular formula is C13H17NO3S. The molecule has 0 fully saturated rings. The van der Waals surface area contributed by atoms with E-state index < -0.39 is 5.97 Å². The van der Waals surface area contributed by atoms with Gasteiger partial charge in [0.25, 0.3) is 0 Å². The van der Waals surface area contributed by atoms with Gasteiger partial charge in [-0.25, -0.2) is 4.79 Å². The molecule has 0 aliphatic heterocycles. The number of methoxy groups -OCH3 is 1. The van der Waals surface area contributed by atoms with Gasteiger partial charge in [-0.15, -0.1) is 11.3 Å². The molecule has 0 bridgehead atoms. The summed E-state index contributed by atoms with van der Waals surface area (Å²) in [6.45, 7) is 5.67. The van der Waals surface area contributed by atoms with E-state index >= 15 is 0 Å². The van der Waals surface area contributed by atoms with Crippen molar-refractivity contribution < 1.29 is 14.3 Å². The summed E-state index contributed by atoms with van der Waals surface area (Å²) < 4.78 is 4.70. The minimum atomic E-state index is -0.432. The van der Waals surface area contributed by atoms with Crippen LogP contribution >= 0.6 is 11.3 Å². The number of carbonyl (C=O) groups excluding carboxylic acids is 2. The van der Waals surface area contributed by atoms with Crippen molar-refractivity contribution >= 4 is 28.2 Å². The zero-order chi connectivity index (χ0) is 13.7. The van der Waals surface area contributed by atoms with Gasteiger partial charge in [0.1, 0.15) is 5.00 Å². The molecule has 0 unspecified atom stereocenters. The van der Waals surface area contributed by atoms with Gasteiger partial charge in [-0.2, -0.15) is 0 Å². The molecule has 0 saturated heterocycles. The third-order valence-corrected chi connectivity index (χ3v) is 3.39. The molecule has 1 N–H and O–H groups in total. The predicted molar refractivity (Wildman–Crippen MR) is 73.1 cm³/mol. The number of rotatable bonds is 4. The minimum absolute atomic E-state index is 0.232. The smallest absolute Gasteiger partial charge is 0.340 e. The van der Waals surface area contributed by atoms with E-state index in [1.165, 1.54) is 24.5 Å². The Morgan fingerprint density at radius 3 is 2.61 bits per heavy atom. The average Bonchev–Trinajstić information content (AvgIpc) is 2.70. The van der Waals surface area contributed by atoms with Crippen LogP contribution in [0.1, 0.15) is 36.0 Å². The van der Waals surface area contributed by atoms with Crippen molar-refractivity contribution in [2.24, 2.45) is 0 Å². The van der Waals surface area contributed by atoms with Gasteiger partial charge in [-0.1, -0.05) is 12.5 Å². The molecule has 1 heterocycles. The monoisotopic (exact) mass is 267 g/mol. The standard InChI is InChI=1S/C13H17NO3S/c1-5-9-7-10(13(16)17-4)12(18-9)14-11(15)6-8(2)3/h6-7H,5H2,1-4H3,(H,14,15). The summed E-state index contributed by atoms with van der Waals surface area (Å²) >= 11 is 1.40. The topological polar surface area (TPSA) is 55.4 Å². The summed E-state index contributed by atoms with van der Waals surface area (Å²) in [7, 11) is 1.33. The van der Waals surface area contributed by atoms with Crippen LogP contribution in [0.15, 0.2) is 17.7 Å². The number of esters is 1. The van der Waals surface area contributed by atoms with Crippen LogP contribution in [-0.2, 0) is 16.0 Å². The van der Waals surface area contributed by atoms with Crippen LogP contribution in [0.2, 0.25) is 0 Å². The first-order valence-corrected chi connectivity index (χ1v) is 6.46. The van der Waals surface area contributed by atoms with Crippen LogP contribution in [0.4, 0.5) is 5.00 Å². The van der Waals surface area contributed by atoms with E-state index in [-0.39, 0.29) is 5.91 Å². The molecular weight excluding hydrogens is 250 g/mol. The van der Waals surface area contributed by atoms with Crippen LogP contribution < -0.4 is 5.32 Å². The van der Waals surface area contributed by atoms with E-state index in [0.29, 0.717) is 10.6 Å². The number of ether oxygens (including phenoxy) is 1. The largest absolute Gasteiger partial charge is 0.465 e. The molecule has 1 aromatic rings. The molecule has 0 saturated carbocycles. The molecule has 0 atom stereocenters. The van der Waals surface area contributed by atoms with Gasteiger partial charge in [-0.05, 0) is 26.3 Å². The van der Waals surface area contributed by atoms with Crippen LogP contribution in [0, 0.1) is 0 Å². The number of carbonyl (C=O) groups is 2. The molecule has 18 heavy (non-hydrogen) atoms. The first kappa shape index (κ1) is 14.4. The Labute approximate surface area is 111 Å². The van der Waals surface area contributed by atoms with Gasteiger partial charge >= 0.3 is 5.97 Å². The number of amides is 1. The Bertz CT molecular complexity index is 484. The summed E-state index contributed by atoms with van der Waals surface area (Å²) in [5.41, 5.74) is 1.31. The molecule has 0 radical (unpaired) electrons. The fourth-order valence-electron chi connectivity index (χ4n) is 1.38. The number of allylic oxidation sites excluding steroid dienone is 1. The van der Waals surface area contributed by atoms with E-state index in [4.69, 9.17) is 4.74 Å². The first-order valence-electron chi connectivity index (χ1n) is 5.64. The summed E-state index contributed by atoms with van der Waals surface area (Å²) in [4.78, 5) is 24.3. The highest BCUT2D eigenvalue weighted by Gasteiger charge is 2.17. The molecule has 0 aliphatic rings. The maximum absolute atomic E-state index is 11.7. The molecule has 0 spiro atoms. The zero-order valence-corrected chi connectivity index (χ0v) is 11.8.